The van der Waals surface area contributed by atoms with Crippen molar-refractivity contribution in [3.05, 3.63) is 48.1 Å². The van der Waals surface area contributed by atoms with E-state index in [1.807, 2.05) is 33.8 Å². The minimum atomic E-state index is -1.24. The molecule has 16 atom stereocenters. The average molecular weight is 810 g/mol. The minimum Gasteiger partial charge on any atom is -0.466 e. The molecule has 3 heterocycles. The summed E-state index contributed by atoms with van der Waals surface area (Å²) in [5, 5.41) is 32.9. The molecule has 0 spiro atoms. The van der Waals surface area contributed by atoms with Gasteiger partial charge in [0.2, 0.25) is 0 Å². The third kappa shape index (κ3) is 13.3. The number of aliphatic hydroxyl groups excluding tert-OH is 3. The van der Waals surface area contributed by atoms with E-state index in [0.717, 1.165) is 5.57 Å². The number of ketones is 1. The summed E-state index contributed by atoms with van der Waals surface area (Å²) >= 11 is 0. The van der Waals surface area contributed by atoms with Gasteiger partial charge in [-0.2, -0.15) is 0 Å². The molecular formula is C42H67NO14. The lowest BCUT2D eigenvalue weighted by atomic mass is 9.81. The van der Waals surface area contributed by atoms with Gasteiger partial charge >= 0.3 is 11.9 Å². The van der Waals surface area contributed by atoms with E-state index in [9.17, 15) is 29.7 Å². The Balaban J connectivity index is 2.02. The maximum absolute atomic E-state index is 13.7. The van der Waals surface area contributed by atoms with Gasteiger partial charge in [-0.05, 0) is 66.1 Å². The van der Waals surface area contributed by atoms with Crippen LogP contribution in [0.25, 0.3) is 0 Å². The molecule has 0 aliphatic carbocycles. The number of allylic oxidation sites excluding steroid dienone is 4. The predicted octanol–water partition coefficient (Wildman–Crippen LogP) is 2.90. The summed E-state index contributed by atoms with van der Waals surface area (Å²) in [6.07, 6.45) is 2.77. The number of ether oxygens (including phenoxy) is 8. The summed E-state index contributed by atoms with van der Waals surface area (Å²) in [6, 6.07) is -0.699. The molecule has 0 radical (unpaired) electrons. The highest BCUT2D eigenvalue weighted by Gasteiger charge is 2.47. The molecule has 2 saturated heterocycles. The van der Waals surface area contributed by atoms with Crippen LogP contribution in [0.5, 0.6) is 0 Å². The molecule has 57 heavy (non-hydrogen) atoms. The zero-order valence-corrected chi connectivity index (χ0v) is 35.4. The lowest BCUT2D eigenvalue weighted by Gasteiger charge is -2.46. The lowest BCUT2D eigenvalue weighted by molar-refractivity contribution is -0.304. The van der Waals surface area contributed by atoms with Gasteiger partial charge in [-0.3, -0.25) is 4.79 Å². The van der Waals surface area contributed by atoms with E-state index < -0.39 is 109 Å². The number of nitrogens with zero attached hydrogens (tertiary/aromatic N) is 1. The molecule has 0 bridgehead atoms. The average Bonchev–Trinajstić information content (AvgIpc) is 3.17. The summed E-state index contributed by atoms with van der Waals surface area (Å²) in [5.41, 5.74) is 0.732. The topological polar surface area (TPSA) is 189 Å². The monoisotopic (exact) mass is 809 g/mol. The predicted molar refractivity (Wildman–Crippen MR) is 209 cm³/mol. The molecule has 0 unspecified atom stereocenters. The largest absolute Gasteiger partial charge is 0.466 e. The Morgan fingerprint density at radius 1 is 0.895 bits per heavy atom. The number of hydrogen-bond acceptors (Lipinski definition) is 15. The molecule has 324 valence electrons. The summed E-state index contributed by atoms with van der Waals surface area (Å²) in [7, 11) is 7.73. The normalized spacial score (nSPS) is 41.0. The molecule has 0 aromatic carbocycles. The van der Waals surface area contributed by atoms with Crippen molar-refractivity contribution >= 4 is 17.7 Å². The highest BCUT2D eigenvalue weighted by Crippen LogP contribution is 2.34. The Hall–Kier alpha value is -2.83. The second kappa shape index (κ2) is 23.1. The first kappa shape index (κ1) is 48.5. The van der Waals surface area contributed by atoms with E-state index in [-0.39, 0.29) is 18.8 Å². The van der Waals surface area contributed by atoms with Crippen molar-refractivity contribution in [3.63, 3.8) is 0 Å². The number of hydrogen-bond donors (Lipinski definition) is 3. The molecule has 0 saturated carbocycles. The molecule has 3 rings (SSSR count). The number of esters is 2. The van der Waals surface area contributed by atoms with Crippen LogP contribution in [0, 0.1) is 23.7 Å². The van der Waals surface area contributed by atoms with Crippen LogP contribution >= 0.6 is 0 Å². The standard InChI is InChI=1S/C42H67NO14/c1-12-31-29(22-53-42-40(52-11)39(51-10)36(48)27(6)55-42)20-23(2)16-18-30(44)25(4)21-28(14-13-15-32(45)50-9)38(24(3)17-19-33(46)56-31)57-41-37(49)34(43(7)8)35(47)26(5)54-41/h13,15-20,24-29,31,34-42,47-49H,12,14,21-22H2,1-11H3/b15-13+,18-16+,19-17-,23-20+/t24-,25+,26+,27+,28-,29+,31+,34-,35+,36+,37+,38+,39+,40+,41-,42+/m0/s1. The van der Waals surface area contributed by atoms with Gasteiger partial charge in [0.25, 0.3) is 0 Å². The molecule has 3 aliphatic rings. The minimum absolute atomic E-state index is 0.0483. The van der Waals surface area contributed by atoms with Crippen molar-refractivity contribution in [2.45, 2.75) is 134 Å². The third-order valence-electron chi connectivity index (χ3n) is 11.1. The molecule has 15 nitrogen and oxygen atoms in total. The third-order valence-corrected chi connectivity index (χ3v) is 11.1. The van der Waals surface area contributed by atoms with E-state index in [0.29, 0.717) is 12.8 Å². The first-order valence-electron chi connectivity index (χ1n) is 19.8. The van der Waals surface area contributed by atoms with Crippen LogP contribution in [0.2, 0.25) is 0 Å². The highest BCUT2D eigenvalue weighted by atomic mass is 16.7. The van der Waals surface area contributed by atoms with Gasteiger partial charge in [0.05, 0.1) is 44.2 Å². The summed E-state index contributed by atoms with van der Waals surface area (Å²) < 4.78 is 46.9. The van der Waals surface area contributed by atoms with Crippen LogP contribution in [0.3, 0.4) is 0 Å². The number of likely N-dealkylation sites (N-methyl/N-ethyl adjacent to an activating group) is 1. The molecule has 0 aromatic heterocycles. The van der Waals surface area contributed by atoms with E-state index in [1.54, 1.807) is 51.1 Å². The second-order valence-electron chi connectivity index (χ2n) is 15.6. The van der Waals surface area contributed by atoms with Gasteiger partial charge in [-0.15, -0.1) is 0 Å². The molecule has 3 aliphatic heterocycles. The van der Waals surface area contributed by atoms with Gasteiger partial charge in [-0.1, -0.05) is 50.6 Å². The fraction of sp³-hybridized carbons (Fsp3) is 0.738. The number of aliphatic hydroxyl groups is 3. The Morgan fingerprint density at radius 2 is 1.54 bits per heavy atom. The lowest BCUT2D eigenvalue weighted by Crippen LogP contribution is -2.63. The van der Waals surface area contributed by atoms with Gasteiger partial charge in [0.15, 0.2) is 18.4 Å². The van der Waals surface area contributed by atoms with Crippen LogP contribution in [0.15, 0.2) is 48.1 Å². The first-order valence-corrected chi connectivity index (χ1v) is 19.8. The first-order chi connectivity index (χ1) is 27.0. The fourth-order valence-corrected chi connectivity index (χ4v) is 7.78. The van der Waals surface area contributed by atoms with Gasteiger partial charge in [0.1, 0.15) is 30.5 Å². The van der Waals surface area contributed by atoms with Crippen molar-refractivity contribution in [2.75, 3.05) is 42.0 Å². The Bertz CT molecular complexity index is 1410. The summed E-state index contributed by atoms with van der Waals surface area (Å²) in [5.74, 6) is -3.18. The number of methoxy groups -OCH3 is 3. The van der Waals surface area contributed by atoms with E-state index in [1.165, 1.54) is 39.6 Å². The zero-order valence-electron chi connectivity index (χ0n) is 35.4. The summed E-state index contributed by atoms with van der Waals surface area (Å²) in [4.78, 5) is 41.0. The molecular weight excluding hydrogens is 742 g/mol. The molecule has 3 N–H and O–H groups in total. The number of carbonyl (C=O) groups excluding carboxylic acids is 3. The quantitative estimate of drug-likeness (QED) is 0.193. The second-order valence-corrected chi connectivity index (χ2v) is 15.6. The number of carbonyl (C=O) groups is 3. The number of cyclic esters (lactones) is 1. The van der Waals surface area contributed by atoms with Crippen LogP contribution < -0.4 is 0 Å². The van der Waals surface area contributed by atoms with Crippen molar-refractivity contribution < 1.29 is 67.6 Å². The SMILES string of the molecule is CC[C@H]1OC(=O)/C=C\[C@H](C)[C@@H](O[C@@H]2O[C@H](C)[C@@H](O)[C@H](N(C)C)[C@H]2O)[C@@H](C/C=C/C(=O)OC)C[C@@H](C)C(=O)/C=C/C(C)=C/[C@@H]1CO[C@@H]1O[C@H](C)[C@@H](O)[C@@H](OC)[C@H]1OC. The van der Waals surface area contributed by atoms with Crippen molar-refractivity contribution in [1.82, 2.24) is 4.90 Å². The Labute approximate surface area is 337 Å². The van der Waals surface area contributed by atoms with Crippen LogP contribution in [0.4, 0.5) is 0 Å². The zero-order chi connectivity index (χ0) is 42.6. The van der Waals surface area contributed by atoms with Crippen LogP contribution in [0.1, 0.15) is 60.8 Å². The molecule has 0 aromatic rings. The maximum Gasteiger partial charge on any atom is 0.330 e. The van der Waals surface area contributed by atoms with Gasteiger partial charge < -0.3 is 58.1 Å². The van der Waals surface area contributed by atoms with E-state index >= 15 is 0 Å². The van der Waals surface area contributed by atoms with E-state index in [2.05, 4.69) is 0 Å². The summed E-state index contributed by atoms with van der Waals surface area (Å²) in [6.45, 7) is 10.9. The van der Waals surface area contributed by atoms with Gasteiger partial charge in [0, 0.05) is 44.1 Å². The molecule has 0 amide bonds. The van der Waals surface area contributed by atoms with E-state index in [4.69, 9.17) is 37.9 Å². The maximum atomic E-state index is 13.7. The Kier molecular flexibility index (Phi) is 19.7. The van der Waals surface area contributed by atoms with Gasteiger partial charge in [-0.25, -0.2) is 9.59 Å². The van der Waals surface area contributed by atoms with Crippen molar-refractivity contribution in [3.8, 4) is 0 Å². The Morgan fingerprint density at radius 3 is 2.16 bits per heavy atom. The highest BCUT2D eigenvalue weighted by molar-refractivity contribution is 5.91. The van der Waals surface area contributed by atoms with Crippen molar-refractivity contribution in [2.24, 2.45) is 23.7 Å². The van der Waals surface area contributed by atoms with Crippen LogP contribution in [-0.4, -0.2) is 154 Å². The van der Waals surface area contributed by atoms with Crippen molar-refractivity contribution in [1.29, 1.82) is 0 Å². The van der Waals surface area contributed by atoms with Crippen LogP contribution in [-0.2, 0) is 52.3 Å². The fourth-order valence-electron chi connectivity index (χ4n) is 7.78. The molecule has 2 fully saturated rings. The smallest absolute Gasteiger partial charge is 0.330 e. The number of rotatable bonds is 12. The molecule has 15 heteroatoms.